The van der Waals surface area contributed by atoms with Crippen molar-refractivity contribution in [3.8, 4) is 0 Å². The normalized spacial score (nSPS) is 15.9. The highest BCUT2D eigenvalue weighted by molar-refractivity contribution is 8.00. The molecule has 1 aliphatic rings. The Morgan fingerprint density at radius 2 is 1.84 bits per heavy atom. The number of rotatable bonds is 13. The number of amides is 1. The Balaban J connectivity index is 1.76. The fraction of sp³-hybridized carbons (Fsp3) is 0.600. The van der Waals surface area contributed by atoms with Gasteiger partial charge in [-0.05, 0) is 45.1 Å². The van der Waals surface area contributed by atoms with E-state index in [0.717, 1.165) is 47.9 Å². The minimum Gasteiger partial charge on any atom is -0.379 e. The lowest BCUT2D eigenvalue weighted by atomic mass is 9.91. The molecule has 32 heavy (non-hydrogen) atoms. The highest BCUT2D eigenvalue weighted by Crippen LogP contribution is 2.24. The number of ether oxygens (including phenoxy) is 1. The molecule has 1 aliphatic heterocycles. The SMILES string of the molecule is C=C(C(=O)NCCSc1ccc(C(=O)C(C)(C)N2CCOCC2)cc1)C(C)SCCCC. The third-order valence-electron chi connectivity index (χ3n) is 5.78. The van der Waals surface area contributed by atoms with Crippen LogP contribution in [0.3, 0.4) is 0 Å². The van der Waals surface area contributed by atoms with Gasteiger partial charge in [0, 0.05) is 46.7 Å². The number of hydrogen-bond donors (Lipinski definition) is 1. The van der Waals surface area contributed by atoms with Crippen LogP contribution in [0.25, 0.3) is 0 Å². The summed E-state index contributed by atoms with van der Waals surface area (Å²) in [6, 6.07) is 7.78. The van der Waals surface area contributed by atoms with Crippen LogP contribution >= 0.6 is 23.5 Å². The van der Waals surface area contributed by atoms with Crippen LogP contribution in [0.4, 0.5) is 0 Å². The summed E-state index contributed by atoms with van der Waals surface area (Å²) in [5.41, 5.74) is 0.823. The smallest absolute Gasteiger partial charge is 0.247 e. The number of ketones is 1. The summed E-state index contributed by atoms with van der Waals surface area (Å²) in [4.78, 5) is 28.6. The van der Waals surface area contributed by atoms with Gasteiger partial charge in [-0.25, -0.2) is 0 Å². The van der Waals surface area contributed by atoms with Gasteiger partial charge < -0.3 is 10.1 Å². The molecule has 1 aromatic carbocycles. The van der Waals surface area contributed by atoms with Gasteiger partial charge >= 0.3 is 0 Å². The maximum Gasteiger partial charge on any atom is 0.247 e. The lowest BCUT2D eigenvalue weighted by Crippen LogP contribution is -2.54. The van der Waals surface area contributed by atoms with Gasteiger partial charge in [-0.15, -0.1) is 11.8 Å². The molecule has 1 unspecified atom stereocenters. The van der Waals surface area contributed by atoms with E-state index in [9.17, 15) is 9.59 Å². The second-order valence-corrected chi connectivity index (χ2v) is 11.1. The van der Waals surface area contributed by atoms with Crippen LogP contribution in [0.5, 0.6) is 0 Å². The zero-order valence-electron chi connectivity index (χ0n) is 19.9. The molecule has 0 bridgehead atoms. The molecule has 5 nitrogen and oxygen atoms in total. The van der Waals surface area contributed by atoms with Crippen LogP contribution in [0.2, 0.25) is 0 Å². The van der Waals surface area contributed by atoms with E-state index in [-0.39, 0.29) is 16.9 Å². The Hall–Kier alpha value is -1.28. The van der Waals surface area contributed by atoms with Gasteiger partial charge in [0.25, 0.3) is 0 Å². The Morgan fingerprint density at radius 1 is 1.19 bits per heavy atom. The third-order valence-corrected chi connectivity index (χ3v) is 8.10. The van der Waals surface area contributed by atoms with Gasteiger partial charge in [0.2, 0.25) is 5.91 Å². The zero-order chi connectivity index (χ0) is 23.6. The lowest BCUT2D eigenvalue weighted by molar-refractivity contribution is -0.117. The molecule has 1 atom stereocenters. The average molecular weight is 479 g/mol. The molecule has 7 heteroatoms. The molecule has 0 saturated carbocycles. The Bertz CT molecular complexity index is 759. The van der Waals surface area contributed by atoms with E-state index in [2.05, 4.69) is 23.7 Å². The number of morpholine rings is 1. The van der Waals surface area contributed by atoms with Crippen molar-refractivity contribution >= 4 is 35.2 Å². The molecule has 1 heterocycles. The molecular weight excluding hydrogens is 440 g/mol. The fourth-order valence-electron chi connectivity index (χ4n) is 3.46. The summed E-state index contributed by atoms with van der Waals surface area (Å²) in [6.07, 6.45) is 2.33. The summed E-state index contributed by atoms with van der Waals surface area (Å²) in [5, 5.41) is 3.11. The summed E-state index contributed by atoms with van der Waals surface area (Å²) < 4.78 is 5.41. The molecule has 0 spiro atoms. The van der Waals surface area contributed by atoms with Crippen LogP contribution in [0.15, 0.2) is 41.3 Å². The standard InChI is InChI=1S/C25H38N2O3S2/c1-6-7-17-31-20(3)19(2)24(29)26-12-18-32-22-10-8-21(9-11-22)23(28)25(4,5)27-13-15-30-16-14-27/h8-11,20H,2,6-7,12-18H2,1,3-5H3,(H,26,29). The predicted octanol–water partition coefficient (Wildman–Crippen LogP) is 4.67. The molecule has 1 fully saturated rings. The van der Waals surface area contributed by atoms with Crippen molar-refractivity contribution in [3.63, 3.8) is 0 Å². The number of carbonyl (C=O) groups excluding carboxylic acids is 2. The van der Waals surface area contributed by atoms with E-state index in [0.29, 0.717) is 25.3 Å². The van der Waals surface area contributed by atoms with Crippen molar-refractivity contribution < 1.29 is 14.3 Å². The molecule has 0 aromatic heterocycles. The van der Waals surface area contributed by atoms with Crippen molar-refractivity contribution in [2.45, 2.75) is 56.2 Å². The second-order valence-electron chi connectivity index (χ2n) is 8.51. The second kappa shape index (κ2) is 13.4. The number of benzene rings is 1. The summed E-state index contributed by atoms with van der Waals surface area (Å²) in [6.45, 7) is 15.6. The van der Waals surface area contributed by atoms with Crippen LogP contribution in [-0.4, -0.2) is 71.7 Å². The van der Waals surface area contributed by atoms with E-state index in [1.807, 2.05) is 45.0 Å². The number of carbonyl (C=O) groups is 2. The third kappa shape index (κ3) is 7.94. The van der Waals surface area contributed by atoms with Gasteiger partial charge in [-0.3, -0.25) is 14.5 Å². The zero-order valence-corrected chi connectivity index (χ0v) is 21.6. The molecule has 1 aromatic rings. The van der Waals surface area contributed by atoms with E-state index >= 15 is 0 Å². The molecule has 0 aliphatic carbocycles. The predicted molar refractivity (Wildman–Crippen MR) is 137 cm³/mol. The van der Waals surface area contributed by atoms with Crippen LogP contribution < -0.4 is 5.32 Å². The Kier molecular flexibility index (Phi) is 11.3. The average Bonchev–Trinajstić information content (AvgIpc) is 2.81. The molecule has 0 radical (unpaired) electrons. The molecular formula is C25H38N2O3S2. The van der Waals surface area contributed by atoms with E-state index < -0.39 is 5.54 Å². The first-order valence-electron chi connectivity index (χ1n) is 11.5. The van der Waals surface area contributed by atoms with Crippen molar-refractivity contribution in [1.29, 1.82) is 0 Å². The molecule has 178 valence electrons. The summed E-state index contributed by atoms with van der Waals surface area (Å²) >= 11 is 3.45. The highest BCUT2D eigenvalue weighted by atomic mass is 32.2. The van der Waals surface area contributed by atoms with Gasteiger partial charge in [0.15, 0.2) is 5.78 Å². The maximum atomic E-state index is 13.1. The van der Waals surface area contributed by atoms with Gasteiger partial charge in [0.1, 0.15) is 0 Å². The topological polar surface area (TPSA) is 58.6 Å². The van der Waals surface area contributed by atoms with E-state index in [1.165, 1.54) is 0 Å². The number of Topliss-reactive ketones (excluding diaryl/α,β-unsaturated/α-hetero) is 1. The van der Waals surface area contributed by atoms with Crippen molar-refractivity contribution in [1.82, 2.24) is 10.2 Å². The number of nitrogens with one attached hydrogen (secondary N) is 1. The number of thioether (sulfide) groups is 2. The first kappa shape index (κ1) is 27.0. The number of unbranched alkanes of at least 4 members (excludes halogenated alkanes) is 1. The van der Waals surface area contributed by atoms with Crippen LogP contribution in [-0.2, 0) is 9.53 Å². The molecule has 1 saturated heterocycles. The van der Waals surface area contributed by atoms with Crippen molar-refractivity contribution in [3.05, 3.63) is 42.0 Å². The van der Waals surface area contributed by atoms with Crippen molar-refractivity contribution in [2.75, 3.05) is 44.4 Å². The fourth-order valence-corrected chi connectivity index (χ4v) is 5.34. The van der Waals surface area contributed by atoms with Gasteiger partial charge in [0.05, 0.1) is 18.8 Å². The van der Waals surface area contributed by atoms with Crippen LogP contribution in [0, 0.1) is 0 Å². The summed E-state index contributed by atoms with van der Waals surface area (Å²) in [5.74, 6) is 1.89. The summed E-state index contributed by atoms with van der Waals surface area (Å²) in [7, 11) is 0. The molecule has 1 amide bonds. The minimum atomic E-state index is -0.545. The highest BCUT2D eigenvalue weighted by Gasteiger charge is 2.35. The quantitative estimate of drug-likeness (QED) is 0.192. The van der Waals surface area contributed by atoms with E-state index in [1.54, 1.807) is 23.5 Å². The maximum absolute atomic E-state index is 13.1. The lowest BCUT2D eigenvalue weighted by Gasteiger charge is -2.39. The monoisotopic (exact) mass is 478 g/mol. The van der Waals surface area contributed by atoms with Crippen LogP contribution in [0.1, 0.15) is 50.9 Å². The van der Waals surface area contributed by atoms with E-state index in [4.69, 9.17) is 4.74 Å². The first-order valence-corrected chi connectivity index (χ1v) is 13.5. The Morgan fingerprint density at radius 3 is 2.47 bits per heavy atom. The number of hydrogen-bond acceptors (Lipinski definition) is 6. The molecule has 1 N–H and O–H groups in total. The Labute approximate surface area is 202 Å². The van der Waals surface area contributed by atoms with Crippen molar-refractivity contribution in [2.24, 2.45) is 0 Å². The van der Waals surface area contributed by atoms with Gasteiger partial charge in [-0.1, -0.05) is 32.1 Å². The molecule has 2 rings (SSSR count). The number of nitrogens with zero attached hydrogens (tertiary/aromatic N) is 1. The van der Waals surface area contributed by atoms with Gasteiger partial charge in [-0.2, -0.15) is 11.8 Å². The minimum absolute atomic E-state index is 0.0617. The first-order chi connectivity index (χ1) is 15.3. The largest absolute Gasteiger partial charge is 0.379 e.